The molecular formula is C13H17BrN2O3. The van der Waals surface area contributed by atoms with Crippen LogP contribution in [0.1, 0.15) is 18.0 Å². The average molecular weight is 329 g/mol. The fourth-order valence-corrected chi connectivity index (χ4v) is 2.38. The Morgan fingerprint density at radius 1 is 1.47 bits per heavy atom. The molecule has 1 aromatic rings. The second-order valence-electron chi connectivity index (χ2n) is 4.65. The van der Waals surface area contributed by atoms with Gasteiger partial charge in [-0.05, 0) is 24.1 Å². The summed E-state index contributed by atoms with van der Waals surface area (Å²) in [6, 6.07) is 6.60. The maximum atomic E-state index is 12.0. The van der Waals surface area contributed by atoms with Gasteiger partial charge in [-0.2, -0.15) is 0 Å². The molecule has 0 bridgehead atoms. The summed E-state index contributed by atoms with van der Waals surface area (Å²) in [5.74, 6) is -0.196. The Kier molecular flexibility index (Phi) is 4.93. The SMILES string of the molecule is O=C(N[C@@H](CO)c1ccc(Br)cc1)[C@@H]1C[C@@H](O)CN1. The van der Waals surface area contributed by atoms with Crippen molar-refractivity contribution in [2.75, 3.05) is 13.2 Å². The van der Waals surface area contributed by atoms with E-state index in [9.17, 15) is 15.0 Å². The molecule has 5 nitrogen and oxygen atoms in total. The number of benzene rings is 1. The summed E-state index contributed by atoms with van der Waals surface area (Å²) in [6.07, 6.45) is -0.0689. The van der Waals surface area contributed by atoms with Crippen molar-refractivity contribution in [3.63, 3.8) is 0 Å². The number of hydrogen-bond donors (Lipinski definition) is 4. The van der Waals surface area contributed by atoms with Gasteiger partial charge in [0.05, 0.1) is 24.8 Å². The number of aliphatic hydroxyl groups is 2. The number of β-amino-alcohol motifs (C(OH)–C–C–N with tert-alkyl or cyclic N) is 1. The van der Waals surface area contributed by atoms with E-state index in [4.69, 9.17) is 0 Å². The summed E-state index contributed by atoms with van der Waals surface area (Å²) in [5, 5.41) is 24.5. The van der Waals surface area contributed by atoms with Gasteiger partial charge in [0.1, 0.15) is 0 Å². The standard InChI is InChI=1S/C13H17BrN2O3/c14-9-3-1-8(2-4-9)12(7-17)16-13(19)11-5-10(18)6-15-11/h1-4,10-12,15,17-18H,5-7H2,(H,16,19)/t10-,11+,12+/m1/s1. The van der Waals surface area contributed by atoms with Gasteiger partial charge in [0, 0.05) is 11.0 Å². The first-order chi connectivity index (χ1) is 9.10. The minimum absolute atomic E-state index is 0.164. The number of aliphatic hydroxyl groups excluding tert-OH is 2. The Morgan fingerprint density at radius 2 is 2.16 bits per heavy atom. The summed E-state index contributed by atoms with van der Waals surface area (Å²) in [7, 11) is 0. The predicted molar refractivity (Wildman–Crippen MR) is 74.5 cm³/mol. The van der Waals surface area contributed by atoms with Crippen LogP contribution < -0.4 is 10.6 Å². The lowest BCUT2D eigenvalue weighted by Gasteiger charge is -2.19. The van der Waals surface area contributed by atoms with E-state index >= 15 is 0 Å². The first kappa shape index (κ1) is 14.5. The summed E-state index contributed by atoms with van der Waals surface area (Å²) in [4.78, 5) is 12.0. The van der Waals surface area contributed by atoms with Crippen LogP contribution in [-0.2, 0) is 4.79 Å². The van der Waals surface area contributed by atoms with Gasteiger partial charge < -0.3 is 20.8 Å². The third kappa shape index (κ3) is 3.76. The third-order valence-electron chi connectivity index (χ3n) is 3.20. The molecule has 1 amide bonds. The van der Waals surface area contributed by atoms with Crippen molar-refractivity contribution in [1.82, 2.24) is 10.6 Å². The summed E-state index contributed by atoms with van der Waals surface area (Å²) >= 11 is 3.34. The minimum Gasteiger partial charge on any atom is -0.394 e. The molecule has 0 aliphatic carbocycles. The number of halogens is 1. The first-order valence-electron chi connectivity index (χ1n) is 6.18. The van der Waals surface area contributed by atoms with E-state index in [0.29, 0.717) is 13.0 Å². The van der Waals surface area contributed by atoms with E-state index in [1.54, 1.807) is 0 Å². The molecule has 6 heteroatoms. The Labute approximate surface area is 120 Å². The zero-order valence-corrected chi connectivity index (χ0v) is 11.9. The lowest BCUT2D eigenvalue weighted by molar-refractivity contribution is -0.124. The average Bonchev–Trinajstić information content (AvgIpc) is 2.84. The number of carbonyl (C=O) groups is 1. The van der Waals surface area contributed by atoms with Gasteiger partial charge in [-0.15, -0.1) is 0 Å². The number of nitrogens with one attached hydrogen (secondary N) is 2. The normalized spacial score (nSPS) is 24.2. The highest BCUT2D eigenvalue weighted by Gasteiger charge is 2.29. The van der Waals surface area contributed by atoms with Gasteiger partial charge in [0.25, 0.3) is 0 Å². The molecule has 19 heavy (non-hydrogen) atoms. The summed E-state index contributed by atoms with van der Waals surface area (Å²) in [6.45, 7) is 0.267. The van der Waals surface area contributed by atoms with Gasteiger partial charge >= 0.3 is 0 Å². The molecule has 2 rings (SSSR count). The van der Waals surface area contributed by atoms with Crippen LogP contribution in [0.2, 0.25) is 0 Å². The molecule has 0 radical (unpaired) electrons. The minimum atomic E-state index is -0.476. The maximum absolute atomic E-state index is 12.0. The highest BCUT2D eigenvalue weighted by Crippen LogP contribution is 2.17. The van der Waals surface area contributed by atoms with Crippen molar-refractivity contribution >= 4 is 21.8 Å². The topological polar surface area (TPSA) is 81.6 Å². The molecule has 1 saturated heterocycles. The first-order valence-corrected chi connectivity index (χ1v) is 6.97. The Morgan fingerprint density at radius 3 is 2.68 bits per heavy atom. The van der Waals surface area contributed by atoms with Crippen molar-refractivity contribution < 1.29 is 15.0 Å². The lowest BCUT2D eigenvalue weighted by atomic mass is 10.1. The van der Waals surface area contributed by atoms with Gasteiger partial charge in [-0.25, -0.2) is 0 Å². The van der Waals surface area contributed by atoms with Gasteiger partial charge in [-0.3, -0.25) is 4.79 Å². The monoisotopic (exact) mass is 328 g/mol. The molecule has 1 aliphatic rings. The van der Waals surface area contributed by atoms with Crippen LogP contribution in [0.3, 0.4) is 0 Å². The maximum Gasteiger partial charge on any atom is 0.237 e. The van der Waals surface area contributed by atoms with Crippen molar-refractivity contribution in [3.8, 4) is 0 Å². The van der Waals surface area contributed by atoms with Gasteiger partial charge in [-0.1, -0.05) is 28.1 Å². The van der Waals surface area contributed by atoms with Crippen molar-refractivity contribution in [2.24, 2.45) is 0 Å². The molecule has 104 valence electrons. The van der Waals surface area contributed by atoms with E-state index in [0.717, 1.165) is 10.0 Å². The smallest absolute Gasteiger partial charge is 0.237 e. The Bertz CT molecular complexity index is 438. The van der Waals surface area contributed by atoms with Crippen LogP contribution in [0.15, 0.2) is 28.7 Å². The highest BCUT2D eigenvalue weighted by molar-refractivity contribution is 9.10. The van der Waals surface area contributed by atoms with Crippen molar-refractivity contribution in [3.05, 3.63) is 34.3 Å². The summed E-state index contributed by atoms with van der Waals surface area (Å²) in [5.41, 5.74) is 0.845. The fraction of sp³-hybridized carbons (Fsp3) is 0.462. The fourth-order valence-electron chi connectivity index (χ4n) is 2.12. The van der Waals surface area contributed by atoms with E-state index in [1.165, 1.54) is 0 Å². The zero-order chi connectivity index (χ0) is 13.8. The van der Waals surface area contributed by atoms with Crippen molar-refractivity contribution in [2.45, 2.75) is 24.6 Å². The van der Waals surface area contributed by atoms with Crippen LogP contribution in [0.4, 0.5) is 0 Å². The van der Waals surface area contributed by atoms with E-state index in [-0.39, 0.29) is 18.6 Å². The second-order valence-corrected chi connectivity index (χ2v) is 5.56. The second kappa shape index (κ2) is 6.47. The number of carbonyl (C=O) groups excluding carboxylic acids is 1. The number of amides is 1. The largest absolute Gasteiger partial charge is 0.394 e. The van der Waals surface area contributed by atoms with E-state index in [2.05, 4.69) is 26.6 Å². The lowest BCUT2D eigenvalue weighted by Crippen LogP contribution is -2.42. The quantitative estimate of drug-likeness (QED) is 0.641. The van der Waals surface area contributed by atoms with E-state index in [1.807, 2.05) is 24.3 Å². The molecule has 1 aromatic carbocycles. The highest BCUT2D eigenvalue weighted by atomic mass is 79.9. The van der Waals surface area contributed by atoms with E-state index < -0.39 is 12.1 Å². The molecule has 0 aromatic heterocycles. The van der Waals surface area contributed by atoms with Crippen LogP contribution in [0, 0.1) is 0 Å². The molecule has 4 N–H and O–H groups in total. The molecule has 0 spiro atoms. The van der Waals surface area contributed by atoms with Crippen LogP contribution in [0.25, 0.3) is 0 Å². The molecule has 3 atom stereocenters. The third-order valence-corrected chi connectivity index (χ3v) is 3.72. The number of hydrogen-bond acceptors (Lipinski definition) is 4. The molecule has 0 saturated carbocycles. The molecule has 0 unspecified atom stereocenters. The van der Waals surface area contributed by atoms with Crippen LogP contribution in [-0.4, -0.2) is 41.4 Å². The summed E-state index contributed by atoms with van der Waals surface area (Å²) < 4.78 is 0.944. The van der Waals surface area contributed by atoms with Gasteiger partial charge in [0.15, 0.2) is 0 Å². The molecule has 1 fully saturated rings. The molecule has 1 aliphatic heterocycles. The van der Waals surface area contributed by atoms with Crippen molar-refractivity contribution in [1.29, 1.82) is 0 Å². The Hall–Kier alpha value is -0.950. The van der Waals surface area contributed by atoms with Crippen LogP contribution >= 0.6 is 15.9 Å². The number of rotatable bonds is 4. The zero-order valence-electron chi connectivity index (χ0n) is 10.3. The molecular weight excluding hydrogens is 312 g/mol. The predicted octanol–water partition coefficient (Wildman–Crippen LogP) is 0.321. The van der Waals surface area contributed by atoms with Gasteiger partial charge in [0.2, 0.25) is 5.91 Å². The molecule has 1 heterocycles. The Balaban J connectivity index is 1.99. The van der Waals surface area contributed by atoms with Crippen LogP contribution in [0.5, 0.6) is 0 Å².